The Morgan fingerprint density at radius 1 is 1.04 bits per heavy atom. The van der Waals surface area contributed by atoms with E-state index in [9.17, 15) is 5.11 Å². The van der Waals surface area contributed by atoms with Crippen LogP contribution in [0.2, 0.25) is 0 Å². The molecule has 0 saturated carbocycles. The Labute approximate surface area is 142 Å². The average Bonchev–Trinajstić information content (AvgIpc) is 2.97. The molecule has 24 heavy (non-hydrogen) atoms. The van der Waals surface area contributed by atoms with Crippen LogP contribution < -0.4 is 5.32 Å². The molecule has 0 aliphatic heterocycles. The van der Waals surface area contributed by atoms with Crippen LogP contribution in [0.5, 0.6) is 0 Å². The van der Waals surface area contributed by atoms with Gasteiger partial charge >= 0.3 is 0 Å². The zero-order valence-electron chi connectivity index (χ0n) is 14.1. The average molecular weight is 321 g/mol. The Kier molecular flexibility index (Phi) is 4.79. The second-order valence-corrected chi connectivity index (χ2v) is 6.29. The van der Waals surface area contributed by atoms with Crippen molar-refractivity contribution < 1.29 is 5.11 Å². The zero-order chi connectivity index (χ0) is 17.0. The van der Waals surface area contributed by atoms with Gasteiger partial charge in [0.1, 0.15) is 0 Å². The molecule has 0 saturated heterocycles. The van der Waals surface area contributed by atoms with E-state index in [0.717, 1.165) is 22.4 Å². The van der Waals surface area contributed by atoms with Gasteiger partial charge in [-0.2, -0.15) is 5.10 Å². The number of hydrogen-bond donors (Lipinski definition) is 2. The standard InChI is InChI=1S/C20H23N3O/c1-20(24,18-11-7-4-8-12-18)15-21-13-17-14-23(2)22-19(17)16-9-5-3-6-10-16/h3-12,14,21,24H,13,15H2,1-2H3. The molecule has 4 nitrogen and oxygen atoms in total. The molecule has 4 heteroatoms. The van der Waals surface area contributed by atoms with E-state index >= 15 is 0 Å². The van der Waals surface area contributed by atoms with Gasteiger partial charge in [0.05, 0.1) is 11.3 Å². The molecule has 0 radical (unpaired) electrons. The molecule has 0 aliphatic carbocycles. The van der Waals surface area contributed by atoms with E-state index in [1.165, 1.54) is 0 Å². The smallest absolute Gasteiger partial charge is 0.0992 e. The first kappa shape index (κ1) is 16.4. The van der Waals surface area contributed by atoms with E-state index in [0.29, 0.717) is 13.1 Å². The Morgan fingerprint density at radius 2 is 1.67 bits per heavy atom. The molecule has 0 spiro atoms. The third-order valence-electron chi connectivity index (χ3n) is 4.13. The second kappa shape index (κ2) is 6.99. The SMILES string of the molecule is Cn1cc(CNCC(C)(O)c2ccccc2)c(-c2ccccc2)n1. The van der Waals surface area contributed by atoms with Crippen LogP contribution in [0.15, 0.2) is 66.9 Å². The van der Waals surface area contributed by atoms with Crippen LogP contribution in [-0.4, -0.2) is 21.4 Å². The minimum absolute atomic E-state index is 0.472. The number of nitrogens with zero attached hydrogens (tertiary/aromatic N) is 2. The first-order valence-electron chi connectivity index (χ1n) is 8.13. The molecule has 0 amide bonds. The number of benzene rings is 2. The number of aryl methyl sites for hydroxylation is 1. The van der Waals surface area contributed by atoms with Crippen molar-refractivity contribution in [1.82, 2.24) is 15.1 Å². The van der Waals surface area contributed by atoms with Gasteiger partial charge in [-0.15, -0.1) is 0 Å². The van der Waals surface area contributed by atoms with Crippen molar-refractivity contribution >= 4 is 0 Å². The Morgan fingerprint density at radius 3 is 2.33 bits per heavy atom. The molecule has 0 bridgehead atoms. The summed E-state index contributed by atoms with van der Waals surface area (Å²) in [5, 5.41) is 18.6. The van der Waals surface area contributed by atoms with Crippen LogP contribution in [0.3, 0.4) is 0 Å². The van der Waals surface area contributed by atoms with E-state index in [1.54, 1.807) is 0 Å². The summed E-state index contributed by atoms with van der Waals surface area (Å²) in [5.41, 5.74) is 3.20. The van der Waals surface area contributed by atoms with E-state index < -0.39 is 5.60 Å². The maximum atomic E-state index is 10.7. The fourth-order valence-corrected chi connectivity index (χ4v) is 2.85. The predicted octanol–water partition coefficient (Wildman–Crippen LogP) is 3.08. The predicted molar refractivity (Wildman–Crippen MR) is 96.4 cm³/mol. The highest BCUT2D eigenvalue weighted by Gasteiger charge is 2.22. The molecule has 2 N–H and O–H groups in total. The maximum absolute atomic E-state index is 10.7. The summed E-state index contributed by atoms with van der Waals surface area (Å²) >= 11 is 0. The van der Waals surface area contributed by atoms with Gasteiger partial charge in [-0.1, -0.05) is 60.7 Å². The Bertz CT molecular complexity index is 779. The van der Waals surface area contributed by atoms with E-state index in [2.05, 4.69) is 22.5 Å². The van der Waals surface area contributed by atoms with Crippen molar-refractivity contribution in [2.24, 2.45) is 7.05 Å². The van der Waals surface area contributed by atoms with Crippen LogP contribution in [0.4, 0.5) is 0 Å². The van der Waals surface area contributed by atoms with Crippen molar-refractivity contribution in [2.45, 2.75) is 19.1 Å². The van der Waals surface area contributed by atoms with Gasteiger partial charge in [-0.05, 0) is 12.5 Å². The van der Waals surface area contributed by atoms with Crippen LogP contribution >= 0.6 is 0 Å². The lowest BCUT2D eigenvalue weighted by molar-refractivity contribution is 0.0567. The third kappa shape index (κ3) is 3.72. The summed E-state index contributed by atoms with van der Waals surface area (Å²) < 4.78 is 1.83. The number of rotatable bonds is 6. The fraction of sp³-hybridized carbons (Fsp3) is 0.250. The molecule has 1 heterocycles. The third-order valence-corrected chi connectivity index (χ3v) is 4.13. The zero-order valence-corrected chi connectivity index (χ0v) is 14.1. The molecule has 124 valence electrons. The van der Waals surface area contributed by atoms with Crippen LogP contribution in [0.25, 0.3) is 11.3 Å². The topological polar surface area (TPSA) is 50.1 Å². The van der Waals surface area contributed by atoms with Gasteiger partial charge in [-0.25, -0.2) is 0 Å². The number of nitrogens with one attached hydrogen (secondary N) is 1. The lowest BCUT2D eigenvalue weighted by atomic mass is 9.96. The van der Waals surface area contributed by atoms with Gasteiger partial charge in [0.25, 0.3) is 0 Å². The first-order chi connectivity index (χ1) is 11.6. The van der Waals surface area contributed by atoms with Crippen LogP contribution in [0, 0.1) is 0 Å². The molecule has 1 aromatic heterocycles. The van der Waals surface area contributed by atoms with Crippen molar-refractivity contribution in [1.29, 1.82) is 0 Å². The van der Waals surface area contributed by atoms with Crippen molar-refractivity contribution in [3.63, 3.8) is 0 Å². The highest BCUT2D eigenvalue weighted by molar-refractivity contribution is 5.62. The van der Waals surface area contributed by atoms with Gasteiger partial charge < -0.3 is 10.4 Å². The fourth-order valence-electron chi connectivity index (χ4n) is 2.85. The molecule has 3 rings (SSSR count). The molecular formula is C20H23N3O. The van der Waals surface area contributed by atoms with Crippen LogP contribution in [-0.2, 0) is 19.2 Å². The van der Waals surface area contributed by atoms with Gasteiger partial charge in [0.15, 0.2) is 0 Å². The van der Waals surface area contributed by atoms with E-state index in [-0.39, 0.29) is 0 Å². The van der Waals surface area contributed by atoms with Crippen molar-refractivity contribution in [3.05, 3.63) is 78.0 Å². The summed E-state index contributed by atoms with van der Waals surface area (Å²) in [5.74, 6) is 0. The largest absolute Gasteiger partial charge is 0.384 e. The summed E-state index contributed by atoms with van der Waals surface area (Å²) in [6.07, 6.45) is 2.02. The Hall–Kier alpha value is -2.43. The molecule has 0 fully saturated rings. The van der Waals surface area contributed by atoms with Crippen molar-refractivity contribution in [2.75, 3.05) is 6.54 Å². The molecule has 1 atom stereocenters. The van der Waals surface area contributed by atoms with Crippen LogP contribution in [0.1, 0.15) is 18.1 Å². The second-order valence-electron chi connectivity index (χ2n) is 6.29. The Balaban J connectivity index is 1.70. The lowest BCUT2D eigenvalue weighted by Gasteiger charge is -2.24. The summed E-state index contributed by atoms with van der Waals surface area (Å²) in [7, 11) is 1.93. The number of hydrogen-bond acceptors (Lipinski definition) is 3. The quantitative estimate of drug-likeness (QED) is 0.733. The van der Waals surface area contributed by atoms with E-state index in [4.69, 9.17) is 0 Å². The first-order valence-corrected chi connectivity index (χ1v) is 8.13. The highest BCUT2D eigenvalue weighted by Crippen LogP contribution is 2.22. The maximum Gasteiger partial charge on any atom is 0.0992 e. The summed E-state index contributed by atoms with van der Waals surface area (Å²) in [6.45, 7) is 2.96. The monoisotopic (exact) mass is 321 g/mol. The lowest BCUT2D eigenvalue weighted by Crippen LogP contribution is -2.35. The molecule has 0 aliphatic rings. The molecule has 2 aromatic carbocycles. The van der Waals surface area contributed by atoms with Crippen molar-refractivity contribution in [3.8, 4) is 11.3 Å². The minimum atomic E-state index is -0.906. The number of aliphatic hydroxyl groups is 1. The minimum Gasteiger partial charge on any atom is -0.384 e. The normalized spacial score (nSPS) is 13.6. The van der Waals surface area contributed by atoms with Gasteiger partial charge in [0.2, 0.25) is 0 Å². The van der Waals surface area contributed by atoms with Gasteiger partial charge in [-0.3, -0.25) is 4.68 Å². The van der Waals surface area contributed by atoms with E-state index in [1.807, 2.05) is 73.4 Å². The number of aromatic nitrogens is 2. The molecule has 3 aromatic rings. The summed E-state index contributed by atoms with van der Waals surface area (Å²) in [4.78, 5) is 0. The highest BCUT2D eigenvalue weighted by atomic mass is 16.3. The van der Waals surface area contributed by atoms with Gasteiger partial charge in [0, 0.05) is 37.5 Å². The summed E-state index contributed by atoms with van der Waals surface area (Å²) in [6, 6.07) is 19.9. The molecule has 1 unspecified atom stereocenters. The molecular weight excluding hydrogens is 298 g/mol.